The van der Waals surface area contributed by atoms with Crippen molar-refractivity contribution in [2.45, 2.75) is 32.7 Å². The second-order valence-corrected chi connectivity index (χ2v) is 3.93. The van der Waals surface area contributed by atoms with Crippen molar-refractivity contribution < 1.29 is 17.9 Å². The van der Waals surface area contributed by atoms with Crippen LogP contribution in [0.3, 0.4) is 0 Å². The van der Waals surface area contributed by atoms with Crippen molar-refractivity contribution >= 4 is 0 Å². The lowest BCUT2D eigenvalue weighted by atomic mass is 9.92. The molecule has 2 nitrogen and oxygen atoms in total. The van der Waals surface area contributed by atoms with Crippen LogP contribution in [0, 0.1) is 5.92 Å². The number of halogens is 3. The van der Waals surface area contributed by atoms with E-state index in [0.717, 1.165) is 13.0 Å². The molecule has 14 heavy (non-hydrogen) atoms. The molecule has 0 N–H and O–H groups in total. The Kier molecular flexibility index (Phi) is 3.78. The third-order valence-electron chi connectivity index (χ3n) is 2.59. The van der Waals surface area contributed by atoms with Crippen LogP contribution in [0.25, 0.3) is 0 Å². The van der Waals surface area contributed by atoms with Crippen molar-refractivity contribution in [3.05, 3.63) is 0 Å². The van der Waals surface area contributed by atoms with Crippen LogP contribution >= 0.6 is 0 Å². The van der Waals surface area contributed by atoms with Crippen LogP contribution in [0.2, 0.25) is 0 Å². The fraction of sp³-hybridized carbons (Fsp3) is 1.00. The average Bonchev–Trinajstić information content (AvgIpc) is 1.92. The quantitative estimate of drug-likeness (QED) is 0.707. The zero-order valence-electron chi connectivity index (χ0n) is 8.47. The van der Waals surface area contributed by atoms with Crippen LogP contribution in [0.5, 0.6) is 0 Å². The second kappa shape index (κ2) is 4.49. The molecule has 0 aromatic carbocycles. The Morgan fingerprint density at radius 3 is 2.43 bits per heavy atom. The van der Waals surface area contributed by atoms with Gasteiger partial charge in [0.15, 0.2) is 0 Å². The van der Waals surface area contributed by atoms with Gasteiger partial charge in [-0.1, -0.05) is 13.8 Å². The Bertz CT molecular complexity index is 181. The second-order valence-electron chi connectivity index (χ2n) is 3.93. The summed E-state index contributed by atoms with van der Waals surface area (Å²) in [5, 5.41) is 0. The standard InChI is InChI=1S/C9H16F3NO/c1-7(2)8-3-4-13(8)5-6-14-9(10,11)12/h7-8H,3-6H2,1-2H3. The molecule has 0 amide bonds. The molecule has 0 saturated carbocycles. The molecule has 1 fully saturated rings. The molecule has 0 aliphatic carbocycles. The lowest BCUT2D eigenvalue weighted by Gasteiger charge is -2.43. The molecular weight excluding hydrogens is 195 g/mol. The molecule has 1 aliphatic rings. The van der Waals surface area contributed by atoms with Gasteiger partial charge in [-0.05, 0) is 12.3 Å². The van der Waals surface area contributed by atoms with Crippen LogP contribution in [0.15, 0.2) is 0 Å². The molecule has 0 spiro atoms. The van der Waals surface area contributed by atoms with Gasteiger partial charge < -0.3 is 0 Å². The molecule has 1 rings (SSSR count). The third-order valence-corrected chi connectivity index (χ3v) is 2.59. The number of likely N-dealkylation sites (tertiary alicyclic amines) is 1. The van der Waals surface area contributed by atoms with Crippen molar-refractivity contribution in [2.24, 2.45) is 5.92 Å². The van der Waals surface area contributed by atoms with E-state index in [1.165, 1.54) is 0 Å². The predicted molar refractivity (Wildman–Crippen MR) is 46.8 cm³/mol. The number of alkyl halides is 3. The Morgan fingerprint density at radius 1 is 1.43 bits per heavy atom. The van der Waals surface area contributed by atoms with Crippen molar-refractivity contribution in [3.63, 3.8) is 0 Å². The lowest BCUT2D eigenvalue weighted by Crippen LogP contribution is -2.51. The van der Waals surface area contributed by atoms with E-state index in [4.69, 9.17) is 0 Å². The molecule has 0 aromatic heterocycles. The average molecular weight is 211 g/mol. The number of rotatable bonds is 4. The normalized spacial score (nSPS) is 24.0. The zero-order valence-corrected chi connectivity index (χ0v) is 8.47. The fourth-order valence-corrected chi connectivity index (χ4v) is 1.77. The Hall–Kier alpha value is -0.290. The van der Waals surface area contributed by atoms with Crippen molar-refractivity contribution in [1.29, 1.82) is 0 Å². The maximum absolute atomic E-state index is 11.6. The first-order valence-electron chi connectivity index (χ1n) is 4.85. The van der Waals surface area contributed by atoms with E-state index < -0.39 is 6.36 Å². The smallest absolute Gasteiger partial charge is 0.298 e. The summed E-state index contributed by atoms with van der Waals surface area (Å²) >= 11 is 0. The molecule has 0 radical (unpaired) electrons. The first-order valence-corrected chi connectivity index (χ1v) is 4.85. The van der Waals surface area contributed by atoms with Crippen LogP contribution in [0.1, 0.15) is 20.3 Å². The van der Waals surface area contributed by atoms with E-state index in [2.05, 4.69) is 18.6 Å². The van der Waals surface area contributed by atoms with E-state index in [0.29, 0.717) is 18.5 Å². The summed E-state index contributed by atoms with van der Waals surface area (Å²) in [6.45, 7) is 5.18. The highest BCUT2D eigenvalue weighted by molar-refractivity contribution is 4.84. The van der Waals surface area contributed by atoms with Gasteiger partial charge in [0.25, 0.3) is 0 Å². The van der Waals surface area contributed by atoms with Crippen LogP contribution in [-0.2, 0) is 4.74 Å². The highest BCUT2D eigenvalue weighted by Crippen LogP contribution is 2.24. The minimum Gasteiger partial charge on any atom is -0.298 e. The largest absolute Gasteiger partial charge is 0.522 e. The van der Waals surface area contributed by atoms with E-state index in [1.807, 2.05) is 4.90 Å². The summed E-state index contributed by atoms with van der Waals surface area (Å²) in [7, 11) is 0. The fourth-order valence-electron chi connectivity index (χ4n) is 1.77. The molecular formula is C9H16F3NO. The number of ether oxygens (including phenoxy) is 1. The summed E-state index contributed by atoms with van der Waals surface area (Å²) in [5.41, 5.74) is 0. The van der Waals surface area contributed by atoms with Gasteiger partial charge in [-0.3, -0.25) is 9.64 Å². The summed E-state index contributed by atoms with van der Waals surface area (Å²) in [6, 6.07) is 0.437. The molecule has 1 atom stereocenters. The molecule has 1 saturated heterocycles. The summed E-state index contributed by atoms with van der Waals surface area (Å²) < 4.78 is 38.7. The SMILES string of the molecule is CC(C)C1CCN1CCOC(F)(F)F. The molecule has 1 aliphatic heterocycles. The molecule has 1 unspecified atom stereocenters. The van der Waals surface area contributed by atoms with Crippen LogP contribution in [0.4, 0.5) is 13.2 Å². The van der Waals surface area contributed by atoms with Gasteiger partial charge in [-0.15, -0.1) is 13.2 Å². The van der Waals surface area contributed by atoms with E-state index >= 15 is 0 Å². The Balaban J connectivity index is 2.14. The van der Waals surface area contributed by atoms with Gasteiger partial charge in [0.1, 0.15) is 0 Å². The van der Waals surface area contributed by atoms with Gasteiger partial charge >= 0.3 is 6.36 Å². The number of nitrogens with zero attached hydrogens (tertiary/aromatic N) is 1. The van der Waals surface area contributed by atoms with Gasteiger partial charge in [-0.25, -0.2) is 0 Å². The number of hydrogen-bond acceptors (Lipinski definition) is 2. The molecule has 84 valence electrons. The maximum atomic E-state index is 11.6. The minimum absolute atomic E-state index is 0.257. The summed E-state index contributed by atoms with van der Waals surface area (Å²) in [4.78, 5) is 2.04. The lowest BCUT2D eigenvalue weighted by molar-refractivity contribution is -0.325. The van der Waals surface area contributed by atoms with E-state index in [1.54, 1.807) is 0 Å². The summed E-state index contributed by atoms with van der Waals surface area (Å²) in [6.07, 6.45) is -3.40. The predicted octanol–water partition coefficient (Wildman–Crippen LogP) is 2.25. The van der Waals surface area contributed by atoms with Crippen LogP contribution in [-0.4, -0.2) is 37.0 Å². The molecule has 5 heteroatoms. The Labute approximate surface area is 82.0 Å². The zero-order chi connectivity index (χ0) is 10.8. The van der Waals surface area contributed by atoms with Crippen molar-refractivity contribution in [2.75, 3.05) is 19.7 Å². The van der Waals surface area contributed by atoms with E-state index in [9.17, 15) is 13.2 Å². The topological polar surface area (TPSA) is 12.5 Å². The van der Waals surface area contributed by atoms with Crippen LogP contribution < -0.4 is 0 Å². The van der Waals surface area contributed by atoms with Gasteiger partial charge in [0.05, 0.1) is 6.61 Å². The number of hydrogen-bond donors (Lipinski definition) is 0. The first kappa shape index (κ1) is 11.8. The first-order chi connectivity index (χ1) is 6.40. The third kappa shape index (κ3) is 3.46. The van der Waals surface area contributed by atoms with Gasteiger partial charge in [0.2, 0.25) is 0 Å². The van der Waals surface area contributed by atoms with E-state index in [-0.39, 0.29) is 6.61 Å². The Morgan fingerprint density at radius 2 is 2.07 bits per heavy atom. The highest BCUT2D eigenvalue weighted by Gasteiger charge is 2.32. The monoisotopic (exact) mass is 211 g/mol. The van der Waals surface area contributed by atoms with Crippen molar-refractivity contribution in [3.8, 4) is 0 Å². The van der Waals surface area contributed by atoms with Crippen molar-refractivity contribution in [1.82, 2.24) is 4.90 Å². The maximum Gasteiger partial charge on any atom is 0.522 e. The molecule has 0 aromatic rings. The molecule has 0 bridgehead atoms. The van der Waals surface area contributed by atoms with Gasteiger partial charge in [0, 0.05) is 19.1 Å². The summed E-state index contributed by atoms with van der Waals surface area (Å²) in [5.74, 6) is 0.509. The van der Waals surface area contributed by atoms with Gasteiger partial charge in [-0.2, -0.15) is 0 Å². The highest BCUT2D eigenvalue weighted by atomic mass is 19.4. The minimum atomic E-state index is -4.49. The molecule has 1 heterocycles.